The number of nitrogens with zero attached hydrogens (tertiary/aromatic N) is 4. The Morgan fingerprint density at radius 2 is 1.63 bits per heavy atom. The van der Waals surface area contributed by atoms with Gasteiger partial charge in [-0.25, -0.2) is 18.2 Å². The monoisotopic (exact) mass is 491 g/mol. The lowest BCUT2D eigenvalue weighted by atomic mass is 10.0. The lowest BCUT2D eigenvalue weighted by molar-refractivity contribution is -0.137. The van der Waals surface area contributed by atoms with E-state index in [1.54, 1.807) is 6.20 Å². The van der Waals surface area contributed by atoms with Gasteiger partial charge in [-0.1, -0.05) is 6.07 Å². The first kappa shape index (κ1) is 23.2. The number of alkyl halides is 3. The van der Waals surface area contributed by atoms with E-state index in [9.17, 15) is 26.3 Å². The van der Waals surface area contributed by atoms with Gasteiger partial charge in [-0.2, -0.15) is 13.2 Å². The molecule has 0 spiro atoms. The van der Waals surface area contributed by atoms with E-state index in [4.69, 9.17) is 0 Å². The van der Waals surface area contributed by atoms with Crippen LogP contribution in [0.4, 0.5) is 32.3 Å². The summed E-state index contributed by atoms with van der Waals surface area (Å²) in [5.41, 5.74) is -0.274. The number of aromatic amines is 1. The van der Waals surface area contributed by atoms with Crippen LogP contribution in [0.25, 0.3) is 22.2 Å². The van der Waals surface area contributed by atoms with Crippen molar-refractivity contribution in [2.24, 2.45) is 0 Å². The number of nitrogens with one attached hydrogen (secondary N) is 1. The van der Waals surface area contributed by atoms with E-state index in [0.29, 0.717) is 50.8 Å². The van der Waals surface area contributed by atoms with Crippen LogP contribution in [0, 0.1) is 17.5 Å². The number of anilines is 1. The Hall–Kier alpha value is -3.60. The number of halogens is 6. The summed E-state index contributed by atoms with van der Waals surface area (Å²) in [5.74, 6) is -4.32. The van der Waals surface area contributed by atoms with Gasteiger partial charge in [0.2, 0.25) is 5.95 Å². The maximum atomic E-state index is 13.9. The highest BCUT2D eigenvalue weighted by Gasteiger charge is 2.33. The lowest BCUT2D eigenvalue weighted by Crippen LogP contribution is -2.46. The number of aromatic nitrogens is 3. The van der Waals surface area contributed by atoms with Gasteiger partial charge in [0, 0.05) is 44.5 Å². The average molecular weight is 491 g/mol. The molecule has 2 aromatic heterocycles. The zero-order valence-electron chi connectivity index (χ0n) is 18.2. The van der Waals surface area contributed by atoms with Crippen molar-refractivity contribution in [2.45, 2.75) is 12.7 Å². The second-order valence-electron chi connectivity index (χ2n) is 8.31. The second-order valence-corrected chi connectivity index (χ2v) is 8.31. The highest BCUT2D eigenvalue weighted by Crippen LogP contribution is 2.38. The molecule has 2 aromatic carbocycles. The number of piperazine rings is 1. The fraction of sp³-hybridized carbons (Fsp3) is 0.250. The van der Waals surface area contributed by atoms with Crippen molar-refractivity contribution in [3.05, 3.63) is 77.4 Å². The Labute approximate surface area is 196 Å². The third-order valence-corrected chi connectivity index (χ3v) is 5.99. The van der Waals surface area contributed by atoms with Crippen molar-refractivity contribution >= 4 is 17.0 Å². The summed E-state index contributed by atoms with van der Waals surface area (Å²) >= 11 is 0. The minimum absolute atomic E-state index is 0.00844. The van der Waals surface area contributed by atoms with Gasteiger partial charge >= 0.3 is 6.18 Å². The number of imidazole rings is 1. The molecular weight excluding hydrogens is 472 g/mol. The predicted molar refractivity (Wildman–Crippen MR) is 118 cm³/mol. The zero-order valence-corrected chi connectivity index (χ0v) is 18.2. The summed E-state index contributed by atoms with van der Waals surface area (Å²) in [6.07, 6.45) is -2.98. The first-order valence-electron chi connectivity index (χ1n) is 10.8. The van der Waals surface area contributed by atoms with Crippen LogP contribution in [0.15, 0.2) is 48.7 Å². The molecule has 4 aromatic rings. The molecule has 0 amide bonds. The van der Waals surface area contributed by atoms with Gasteiger partial charge in [-0.15, -0.1) is 0 Å². The van der Waals surface area contributed by atoms with Crippen molar-refractivity contribution in [2.75, 3.05) is 31.1 Å². The Morgan fingerprint density at radius 3 is 2.26 bits per heavy atom. The summed E-state index contributed by atoms with van der Waals surface area (Å²) in [6.45, 7) is 3.17. The molecule has 11 heteroatoms. The Bertz CT molecular complexity index is 1340. The minimum atomic E-state index is -4.71. The molecule has 1 fully saturated rings. The van der Waals surface area contributed by atoms with E-state index in [0.717, 1.165) is 17.8 Å². The molecule has 1 aliphatic rings. The van der Waals surface area contributed by atoms with E-state index >= 15 is 0 Å². The quantitative estimate of drug-likeness (QED) is 0.308. The summed E-state index contributed by atoms with van der Waals surface area (Å²) in [6, 6.07) is 8.70. The number of rotatable bonds is 4. The van der Waals surface area contributed by atoms with E-state index in [-0.39, 0.29) is 22.2 Å². The normalized spacial score (nSPS) is 15.2. The van der Waals surface area contributed by atoms with Gasteiger partial charge in [0.15, 0.2) is 17.5 Å². The Morgan fingerprint density at radius 1 is 0.914 bits per heavy atom. The van der Waals surface area contributed by atoms with Crippen LogP contribution < -0.4 is 4.90 Å². The molecule has 0 aliphatic carbocycles. The summed E-state index contributed by atoms with van der Waals surface area (Å²) < 4.78 is 81.8. The smallest absolute Gasteiger partial charge is 0.340 e. The van der Waals surface area contributed by atoms with E-state index in [2.05, 4.69) is 19.9 Å². The molecule has 5 nitrogen and oxygen atoms in total. The minimum Gasteiger partial charge on any atom is -0.340 e. The van der Waals surface area contributed by atoms with Crippen LogP contribution in [-0.2, 0) is 12.7 Å². The Balaban J connectivity index is 1.47. The first-order chi connectivity index (χ1) is 16.7. The standard InChI is InChI=1S/C24H19F6N5/c25-18-9-14(10-19(26)21(18)27)17-11-15(24(28,29)30)12-20-22(17)33-23(32-20)35-7-5-34(6-8-35)13-16-3-1-2-4-31-16/h1-4,9-12H,5-8,13H2,(H,32,33). The van der Waals surface area contributed by atoms with E-state index < -0.39 is 29.2 Å². The fourth-order valence-corrected chi connectivity index (χ4v) is 4.19. The molecule has 0 unspecified atom stereocenters. The third kappa shape index (κ3) is 4.68. The molecular formula is C24H19F6N5. The van der Waals surface area contributed by atoms with Gasteiger partial charge < -0.3 is 9.88 Å². The Kier molecular flexibility index (Phi) is 5.87. The van der Waals surface area contributed by atoms with Crippen molar-refractivity contribution in [3.63, 3.8) is 0 Å². The van der Waals surface area contributed by atoms with Gasteiger partial charge in [0.1, 0.15) is 0 Å². The number of benzene rings is 2. The van der Waals surface area contributed by atoms with Crippen molar-refractivity contribution in [3.8, 4) is 11.1 Å². The molecule has 1 aliphatic heterocycles. The molecule has 0 radical (unpaired) electrons. The largest absolute Gasteiger partial charge is 0.416 e. The van der Waals surface area contributed by atoms with Crippen molar-refractivity contribution in [1.82, 2.24) is 19.9 Å². The summed E-state index contributed by atoms with van der Waals surface area (Å²) in [5, 5.41) is 0. The van der Waals surface area contributed by atoms with Crippen LogP contribution in [0.1, 0.15) is 11.3 Å². The van der Waals surface area contributed by atoms with Gasteiger partial charge in [-0.3, -0.25) is 9.88 Å². The number of fused-ring (bicyclic) bond motifs is 1. The maximum Gasteiger partial charge on any atom is 0.416 e. The highest BCUT2D eigenvalue weighted by atomic mass is 19.4. The number of H-pyrrole nitrogens is 1. The average Bonchev–Trinajstić information content (AvgIpc) is 3.26. The molecule has 0 saturated carbocycles. The van der Waals surface area contributed by atoms with E-state index in [1.807, 2.05) is 23.1 Å². The van der Waals surface area contributed by atoms with Crippen LogP contribution in [0.5, 0.6) is 0 Å². The molecule has 0 bridgehead atoms. The SMILES string of the molecule is Fc1cc(-c2cc(C(F)(F)F)cc3nc(N4CCN(Cc5ccccn5)CC4)[nH]c23)cc(F)c1F. The van der Waals surface area contributed by atoms with Gasteiger partial charge in [0.05, 0.1) is 22.3 Å². The molecule has 0 atom stereocenters. The van der Waals surface area contributed by atoms with Gasteiger partial charge in [-0.05, 0) is 42.0 Å². The van der Waals surface area contributed by atoms with Gasteiger partial charge in [0.25, 0.3) is 0 Å². The topological polar surface area (TPSA) is 48.1 Å². The fourth-order valence-electron chi connectivity index (χ4n) is 4.19. The molecule has 5 rings (SSSR count). The van der Waals surface area contributed by atoms with Crippen LogP contribution in [0.3, 0.4) is 0 Å². The zero-order chi connectivity index (χ0) is 24.7. The van der Waals surface area contributed by atoms with Crippen LogP contribution in [-0.4, -0.2) is 46.0 Å². The maximum absolute atomic E-state index is 13.9. The first-order valence-corrected chi connectivity index (χ1v) is 10.8. The van der Waals surface area contributed by atoms with Crippen LogP contribution >= 0.6 is 0 Å². The molecule has 1 saturated heterocycles. The number of pyridine rings is 1. The summed E-state index contributed by atoms with van der Waals surface area (Å²) in [4.78, 5) is 15.8. The predicted octanol–water partition coefficient (Wildman–Crippen LogP) is 5.38. The molecule has 1 N–H and O–H groups in total. The summed E-state index contributed by atoms with van der Waals surface area (Å²) in [7, 11) is 0. The van der Waals surface area contributed by atoms with Crippen LogP contribution in [0.2, 0.25) is 0 Å². The highest BCUT2D eigenvalue weighted by molar-refractivity contribution is 5.94. The van der Waals surface area contributed by atoms with Crippen molar-refractivity contribution in [1.29, 1.82) is 0 Å². The molecule has 3 heterocycles. The number of hydrogen-bond donors (Lipinski definition) is 1. The van der Waals surface area contributed by atoms with E-state index in [1.165, 1.54) is 0 Å². The molecule has 35 heavy (non-hydrogen) atoms. The lowest BCUT2D eigenvalue weighted by Gasteiger charge is -2.34. The van der Waals surface area contributed by atoms with Crippen molar-refractivity contribution < 1.29 is 26.3 Å². The number of hydrogen-bond acceptors (Lipinski definition) is 4. The molecule has 182 valence electrons. The third-order valence-electron chi connectivity index (χ3n) is 5.99. The second kappa shape index (κ2) is 8.88.